The molecule has 0 aliphatic rings. The molecule has 21 heavy (non-hydrogen) atoms. The highest BCUT2D eigenvalue weighted by atomic mass is 15.4. The van der Waals surface area contributed by atoms with Gasteiger partial charge in [0.15, 0.2) is 0 Å². The second-order valence-corrected chi connectivity index (χ2v) is 6.00. The van der Waals surface area contributed by atoms with E-state index in [0.29, 0.717) is 17.8 Å². The number of anilines is 2. The first kappa shape index (κ1) is 15.2. The van der Waals surface area contributed by atoms with Crippen molar-refractivity contribution >= 4 is 11.9 Å². The maximum absolute atomic E-state index is 4.40. The van der Waals surface area contributed by atoms with Gasteiger partial charge in [0.05, 0.1) is 0 Å². The number of hydrogen-bond donors (Lipinski definition) is 2. The summed E-state index contributed by atoms with van der Waals surface area (Å²) in [6, 6.07) is 1.84. The second kappa shape index (κ2) is 6.51. The lowest BCUT2D eigenvalue weighted by Crippen LogP contribution is -2.16. The highest BCUT2D eigenvalue weighted by molar-refractivity contribution is 5.37. The van der Waals surface area contributed by atoms with Crippen LogP contribution in [0, 0.1) is 5.41 Å². The van der Waals surface area contributed by atoms with Crippen LogP contribution in [-0.2, 0) is 0 Å². The van der Waals surface area contributed by atoms with Gasteiger partial charge in [-0.3, -0.25) is 0 Å². The lowest BCUT2D eigenvalue weighted by Gasteiger charge is -2.18. The molecule has 7 nitrogen and oxygen atoms in total. The Bertz CT molecular complexity index is 557. The van der Waals surface area contributed by atoms with Crippen LogP contribution in [0.15, 0.2) is 18.5 Å². The van der Waals surface area contributed by atoms with Gasteiger partial charge in [0.25, 0.3) is 5.95 Å². The van der Waals surface area contributed by atoms with E-state index in [9.17, 15) is 0 Å². The molecule has 7 heteroatoms. The van der Waals surface area contributed by atoms with E-state index in [0.717, 1.165) is 19.5 Å². The monoisotopic (exact) mass is 289 g/mol. The standard InChI is InChI=1S/C14H23N7/c1-5-15-11-18-12(16-9-7-14(2,3)4)20-13(19-11)21-10-6-8-17-21/h6,8,10H,5,7,9H2,1-4H3,(H2,15,16,18,19,20). The van der Waals surface area contributed by atoms with E-state index in [1.54, 1.807) is 10.9 Å². The average molecular weight is 289 g/mol. The van der Waals surface area contributed by atoms with Crippen molar-refractivity contribution in [3.63, 3.8) is 0 Å². The van der Waals surface area contributed by atoms with Gasteiger partial charge in [-0.05, 0) is 24.8 Å². The van der Waals surface area contributed by atoms with Gasteiger partial charge in [-0.1, -0.05) is 20.8 Å². The molecule has 0 aliphatic carbocycles. The summed E-state index contributed by atoms with van der Waals surface area (Å²) < 4.78 is 1.62. The van der Waals surface area contributed by atoms with Crippen LogP contribution in [0.25, 0.3) is 5.95 Å². The minimum atomic E-state index is 0.273. The first-order valence-corrected chi connectivity index (χ1v) is 7.22. The third kappa shape index (κ3) is 4.70. The van der Waals surface area contributed by atoms with E-state index in [1.807, 2.05) is 19.2 Å². The summed E-state index contributed by atoms with van der Waals surface area (Å²) >= 11 is 0. The molecule has 0 aromatic carbocycles. The fraction of sp³-hybridized carbons (Fsp3) is 0.571. The number of nitrogens with zero attached hydrogens (tertiary/aromatic N) is 5. The van der Waals surface area contributed by atoms with E-state index < -0.39 is 0 Å². The minimum Gasteiger partial charge on any atom is -0.354 e. The second-order valence-electron chi connectivity index (χ2n) is 6.00. The van der Waals surface area contributed by atoms with Gasteiger partial charge in [0.1, 0.15) is 0 Å². The Hall–Kier alpha value is -2.18. The van der Waals surface area contributed by atoms with Crippen molar-refractivity contribution in [1.82, 2.24) is 24.7 Å². The Balaban J connectivity index is 2.16. The SMILES string of the molecule is CCNc1nc(NCCC(C)(C)C)nc(-n2cccn2)n1. The van der Waals surface area contributed by atoms with Crippen LogP contribution in [0.1, 0.15) is 34.1 Å². The number of rotatable bonds is 6. The Morgan fingerprint density at radius 2 is 1.81 bits per heavy atom. The molecule has 2 aromatic rings. The summed E-state index contributed by atoms with van der Waals surface area (Å²) in [5.74, 6) is 1.62. The van der Waals surface area contributed by atoms with Gasteiger partial charge < -0.3 is 10.6 Å². The fourth-order valence-electron chi connectivity index (χ4n) is 1.72. The normalized spacial score (nSPS) is 11.4. The summed E-state index contributed by atoms with van der Waals surface area (Å²) in [6.07, 6.45) is 4.54. The largest absolute Gasteiger partial charge is 0.354 e. The number of hydrogen-bond acceptors (Lipinski definition) is 6. The average Bonchev–Trinajstić information content (AvgIpc) is 2.91. The van der Waals surface area contributed by atoms with Crippen LogP contribution in [-0.4, -0.2) is 37.8 Å². The van der Waals surface area contributed by atoms with Crippen molar-refractivity contribution in [2.75, 3.05) is 23.7 Å². The van der Waals surface area contributed by atoms with Crippen LogP contribution in [0.2, 0.25) is 0 Å². The fourth-order valence-corrected chi connectivity index (χ4v) is 1.72. The zero-order valence-corrected chi connectivity index (χ0v) is 13.1. The molecular formula is C14H23N7. The van der Waals surface area contributed by atoms with Gasteiger partial charge in [0.2, 0.25) is 11.9 Å². The molecule has 2 N–H and O–H groups in total. The third-order valence-corrected chi connectivity index (χ3v) is 2.83. The molecule has 0 unspecified atom stereocenters. The smallest absolute Gasteiger partial charge is 0.257 e. The van der Waals surface area contributed by atoms with Crippen molar-refractivity contribution in [3.8, 4) is 5.95 Å². The quantitative estimate of drug-likeness (QED) is 0.849. The Kier molecular flexibility index (Phi) is 4.72. The Morgan fingerprint density at radius 3 is 2.38 bits per heavy atom. The summed E-state index contributed by atoms with van der Waals surface area (Å²) in [5.41, 5.74) is 0.273. The molecule has 0 amide bonds. The lowest BCUT2D eigenvalue weighted by atomic mass is 9.92. The highest BCUT2D eigenvalue weighted by Crippen LogP contribution is 2.18. The molecule has 0 saturated heterocycles. The van der Waals surface area contributed by atoms with E-state index in [2.05, 4.69) is 51.5 Å². The van der Waals surface area contributed by atoms with Gasteiger partial charge in [0, 0.05) is 25.5 Å². The molecule has 2 heterocycles. The molecule has 2 aromatic heterocycles. The predicted molar refractivity (Wildman–Crippen MR) is 83.7 cm³/mol. The summed E-state index contributed by atoms with van der Waals surface area (Å²) in [7, 11) is 0. The zero-order chi connectivity index (χ0) is 15.3. The predicted octanol–water partition coefficient (Wildman–Crippen LogP) is 2.34. The van der Waals surface area contributed by atoms with Crippen LogP contribution in [0.5, 0.6) is 0 Å². The molecule has 0 spiro atoms. The molecule has 0 fully saturated rings. The highest BCUT2D eigenvalue weighted by Gasteiger charge is 2.11. The van der Waals surface area contributed by atoms with Crippen LogP contribution < -0.4 is 10.6 Å². The van der Waals surface area contributed by atoms with Crippen molar-refractivity contribution in [2.45, 2.75) is 34.1 Å². The number of aromatic nitrogens is 5. The molecule has 0 radical (unpaired) electrons. The molecule has 114 valence electrons. The Labute approximate surface area is 125 Å². The van der Waals surface area contributed by atoms with Crippen LogP contribution >= 0.6 is 0 Å². The van der Waals surface area contributed by atoms with Crippen molar-refractivity contribution in [1.29, 1.82) is 0 Å². The lowest BCUT2D eigenvalue weighted by molar-refractivity contribution is 0.389. The van der Waals surface area contributed by atoms with Gasteiger partial charge in [-0.2, -0.15) is 20.1 Å². The first-order chi connectivity index (χ1) is 9.98. The molecular weight excluding hydrogens is 266 g/mol. The third-order valence-electron chi connectivity index (χ3n) is 2.83. The van der Waals surface area contributed by atoms with E-state index >= 15 is 0 Å². The molecule has 0 bridgehead atoms. The summed E-state index contributed by atoms with van der Waals surface area (Å²) in [6.45, 7) is 10.2. The summed E-state index contributed by atoms with van der Waals surface area (Å²) in [4.78, 5) is 13.1. The maximum Gasteiger partial charge on any atom is 0.257 e. The van der Waals surface area contributed by atoms with Crippen molar-refractivity contribution < 1.29 is 0 Å². The molecule has 0 saturated carbocycles. The van der Waals surface area contributed by atoms with Crippen LogP contribution in [0.4, 0.5) is 11.9 Å². The zero-order valence-electron chi connectivity index (χ0n) is 13.1. The molecule has 0 atom stereocenters. The Morgan fingerprint density at radius 1 is 1.10 bits per heavy atom. The van der Waals surface area contributed by atoms with Crippen molar-refractivity contribution in [2.24, 2.45) is 5.41 Å². The minimum absolute atomic E-state index is 0.273. The molecule has 0 aliphatic heterocycles. The first-order valence-electron chi connectivity index (χ1n) is 7.22. The molecule has 2 rings (SSSR count). The number of nitrogens with one attached hydrogen (secondary N) is 2. The topological polar surface area (TPSA) is 80.5 Å². The van der Waals surface area contributed by atoms with E-state index in [4.69, 9.17) is 0 Å². The van der Waals surface area contributed by atoms with Gasteiger partial charge >= 0.3 is 0 Å². The van der Waals surface area contributed by atoms with Gasteiger partial charge in [-0.25, -0.2) is 4.68 Å². The van der Waals surface area contributed by atoms with Crippen LogP contribution in [0.3, 0.4) is 0 Å². The van der Waals surface area contributed by atoms with E-state index in [-0.39, 0.29) is 5.41 Å². The maximum atomic E-state index is 4.40. The summed E-state index contributed by atoms with van der Waals surface area (Å²) in [5, 5.41) is 10.5. The van der Waals surface area contributed by atoms with Crippen molar-refractivity contribution in [3.05, 3.63) is 18.5 Å². The van der Waals surface area contributed by atoms with E-state index in [1.165, 1.54) is 0 Å². The van der Waals surface area contributed by atoms with Gasteiger partial charge in [-0.15, -0.1) is 0 Å².